The van der Waals surface area contributed by atoms with Crippen LogP contribution in [0.5, 0.6) is 0 Å². The van der Waals surface area contributed by atoms with E-state index in [9.17, 15) is 4.79 Å². The smallest absolute Gasteiger partial charge is 0.263 e. The van der Waals surface area contributed by atoms with E-state index in [4.69, 9.17) is 11.0 Å². The Bertz CT molecular complexity index is 760. The van der Waals surface area contributed by atoms with Crippen molar-refractivity contribution in [2.45, 2.75) is 13.5 Å². The van der Waals surface area contributed by atoms with E-state index in [1.54, 1.807) is 6.07 Å². The van der Waals surface area contributed by atoms with Crippen LogP contribution in [-0.2, 0) is 11.3 Å². The highest BCUT2D eigenvalue weighted by Crippen LogP contribution is 2.19. The van der Waals surface area contributed by atoms with Gasteiger partial charge < -0.3 is 16.4 Å². The molecule has 0 bridgehead atoms. The second-order valence-corrected chi connectivity index (χ2v) is 5.07. The van der Waals surface area contributed by atoms with Gasteiger partial charge in [0, 0.05) is 12.7 Å². The van der Waals surface area contributed by atoms with Crippen LogP contribution in [0.2, 0.25) is 0 Å². The quantitative estimate of drug-likeness (QED) is 0.450. The van der Waals surface area contributed by atoms with Crippen molar-refractivity contribution < 1.29 is 4.79 Å². The molecule has 1 amide bonds. The van der Waals surface area contributed by atoms with Gasteiger partial charge in [-0.1, -0.05) is 36.4 Å². The van der Waals surface area contributed by atoms with Crippen LogP contribution in [0.4, 0.5) is 11.4 Å². The molecule has 2 rings (SSSR count). The Labute approximate surface area is 135 Å². The minimum Gasteiger partial charge on any atom is -0.397 e. The van der Waals surface area contributed by atoms with Crippen molar-refractivity contribution >= 4 is 17.3 Å². The lowest BCUT2D eigenvalue weighted by Gasteiger charge is -2.08. The highest BCUT2D eigenvalue weighted by atomic mass is 16.1. The maximum Gasteiger partial charge on any atom is 0.263 e. The van der Waals surface area contributed by atoms with E-state index in [1.807, 2.05) is 55.5 Å². The van der Waals surface area contributed by atoms with E-state index >= 15 is 0 Å². The van der Waals surface area contributed by atoms with Gasteiger partial charge in [0.1, 0.15) is 11.6 Å². The monoisotopic (exact) mass is 306 g/mol. The van der Waals surface area contributed by atoms with Crippen LogP contribution in [0.15, 0.2) is 60.3 Å². The first-order valence-electron chi connectivity index (χ1n) is 7.15. The second-order valence-electron chi connectivity index (χ2n) is 5.07. The average molecular weight is 306 g/mol. The van der Waals surface area contributed by atoms with Crippen molar-refractivity contribution in [1.29, 1.82) is 5.26 Å². The number of benzene rings is 2. The highest BCUT2D eigenvalue weighted by Gasteiger charge is 2.08. The number of hydrogen-bond donors (Lipinski definition) is 3. The van der Waals surface area contributed by atoms with Gasteiger partial charge >= 0.3 is 0 Å². The molecule has 0 radical (unpaired) electrons. The molecule has 2 aromatic carbocycles. The Kier molecular flexibility index (Phi) is 5.37. The summed E-state index contributed by atoms with van der Waals surface area (Å²) in [4.78, 5) is 12.0. The van der Waals surface area contributed by atoms with Gasteiger partial charge in [0.25, 0.3) is 5.91 Å². The molecule has 116 valence electrons. The zero-order valence-electron chi connectivity index (χ0n) is 12.8. The molecule has 0 unspecified atom stereocenters. The van der Waals surface area contributed by atoms with Crippen molar-refractivity contribution in [1.82, 2.24) is 5.32 Å². The van der Waals surface area contributed by atoms with Gasteiger partial charge in [0.2, 0.25) is 0 Å². The van der Waals surface area contributed by atoms with E-state index in [1.165, 1.54) is 6.20 Å². The Morgan fingerprint density at radius 1 is 1.26 bits per heavy atom. The van der Waals surface area contributed by atoms with Crippen molar-refractivity contribution in [2.24, 2.45) is 0 Å². The molecule has 0 aliphatic rings. The molecule has 0 aromatic heterocycles. The predicted molar refractivity (Wildman–Crippen MR) is 91.2 cm³/mol. The topological polar surface area (TPSA) is 90.9 Å². The first-order chi connectivity index (χ1) is 11.1. The number of nitrogens with zero attached hydrogens (tertiary/aromatic N) is 1. The molecule has 2 aromatic rings. The summed E-state index contributed by atoms with van der Waals surface area (Å²) in [5.74, 6) is -0.435. The van der Waals surface area contributed by atoms with Crippen LogP contribution < -0.4 is 16.4 Å². The van der Waals surface area contributed by atoms with Crippen LogP contribution in [0.3, 0.4) is 0 Å². The third-order valence-electron chi connectivity index (χ3n) is 3.24. The molecule has 0 spiro atoms. The lowest BCUT2D eigenvalue weighted by molar-refractivity contribution is -0.117. The Morgan fingerprint density at radius 2 is 2.00 bits per heavy atom. The summed E-state index contributed by atoms with van der Waals surface area (Å²) in [7, 11) is 0. The SMILES string of the molecule is Cc1ccc(N)c(N/C=C(/C#N)C(=O)NCc2ccccc2)c1. The Balaban J connectivity index is 2.02. The van der Waals surface area contributed by atoms with Crippen molar-refractivity contribution in [3.63, 3.8) is 0 Å². The van der Waals surface area contributed by atoms with Gasteiger partial charge in [0.05, 0.1) is 11.4 Å². The largest absolute Gasteiger partial charge is 0.397 e. The van der Waals surface area contributed by atoms with E-state index in [2.05, 4.69) is 10.6 Å². The van der Waals surface area contributed by atoms with Crippen molar-refractivity contribution in [3.8, 4) is 6.07 Å². The van der Waals surface area contributed by atoms with Crippen molar-refractivity contribution in [2.75, 3.05) is 11.1 Å². The molecule has 0 aliphatic heterocycles. The van der Waals surface area contributed by atoms with Crippen LogP contribution in [-0.4, -0.2) is 5.91 Å². The molecule has 0 saturated heterocycles. The van der Waals surface area contributed by atoms with Crippen molar-refractivity contribution in [3.05, 3.63) is 71.4 Å². The normalized spacial score (nSPS) is 10.7. The fourth-order valence-electron chi connectivity index (χ4n) is 1.97. The number of nitriles is 1. The molecule has 5 heteroatoms. The van der Waals surface area contributed by atoms with E-state index in [-0.39, 0.29) is 5.57 Å². The highest BCUT2D eigenvalue weighted by molar-refractivity contribution is 5.97. The van der Waals surface area contributed by atoms with Gasteiger partial charge in [0.15, 0.2) is 0 Å². The Morgan fingerprint density at radius 3 is 2.70 bits per heavy atom. The number of carbonyl (C=O) groups excluding carboxylic acids is 1. The number of anilines is 2. The van der Waals surface area contributed by atoms with E-state index in [0.29, 0.717) is 17.9 Å². The number of carbonyl (C=O) groups is 1. The molecule has 5 nitrogen and oxygen atoms in total. The molecule has 0 aliphatic carbocycles. The number of nitrogens with two attached hydrogens (primary N) is 1. The molecule has 23 heavy (non-hydrogen) atoms. The summed E-state index contributed by atoms with van der Waals surface area (Å²) in [6, 6.07) is 16.9. The number of amides is 1. The molecule has 4 N–H and O–H groups in total. The van der Waals surface area contributed by atoms with Crippen LogP contribution in [0, 0.1) is 18.3 Å². The molecular weight excluding hydrogens is 288 g/mol. The standard InChI is InChI=1S/C18H18N4O/c1-13-7-8-16(20)17(9-13)21-12-15(10-19)18(23)22-11-14-5-3-2-4-6-14/h2-9,12,21H,11,20H2,1H3,(H,22,23)/b15-12-. The summed E-state index contributed by atoms with van der Waals surface area (Å²) in [5.41, 5.74) is 9.05. The van der Waals surface area contributed by atoms with Gasteiger partial charge in [-0.2, -0.15) is 5.26 Å². The summed E-state index contributed by atoms with van der Waals surface area (Å²) >= 11 is 0. The van der Waals surface area contributed by atoms with E-state index < -0.39 is 5.91 Å². The van der Waals surface area contributed by atoms with Gasteiger partial charge in [-0.15, -0.1) is 0 Å². The van der Waals surface area contributed by atoms with Gasteiger partial charge in [-0.05, 0) is 30.2 Å². The minimum absolute atomic E-state index is 0.0122. The number of nitrogens with one attached hydrogen (secondary N) is 2. The summed E-state index contributed by atoms with van der Waals surface area (Å²) in [6.07, 6.45) is 1.37. The molecule has 0 heterocycles. The lowest BCUT2D eigenvalue weighted by Crippen LogP contribution is -2.24. The third-order valence-corrected chi connectivity index (χ3v) is 3.24. The molecule has 0 atom stereocenters. The summed E-state index contributed by atoms with van der Waals surface area (Å²) in [6.45, 7) is 2.30. The second kappa shape index (κ2) is 7.66. The summed E-state index contributed by atoms with van der Waals surface area (Å²) in [5, 5.41) is 14.8. The zero-order valence-corrected chi connectivity index (χ0v) is 12.8. The minimum atomic E-state index is -0.435. The van der Waals surface area contributed by atoms with Gasteiger partial charge in [-0.25, -0.2) is 0 Å². The maximum atomic E-state index is 12.0. The van der Waals surface area contributed by atoms with Crippen LogP contribution in [0.1, 0.15) is 11.1 Å². The lowest BCUT2D eigenvalue weighted by atomic mass is 10.2. The fourth-order valence-corrected chi connectivity index (χ4v) is 1.97. The predicted octanol–water partition coefficient (Wildman–Crippen LogP) is 2.71. The molecular formula is C18H18N4O. The fraction of sp³-hybridized carbons (Fsp3) is 0.111. The zero-order chi connectivity index (χ0) is 16.7. The number of rotatable bonds is 5. The number of nitrogen functional groups attached to an aromatic ring is 1. The first kappa shape index (κ1) is 16.1. The average Bonchev–Trinajstić information content (AvgIpc) is 2.57. The first-order valence-corrected chi connectivity index (χ1v) is 7.15. The van der Waals surface area contributed by atoms with Gasteiger partial charge in [-0.3, -0.25) is 4.79 Å². The Hall–Kier alpha value is -3.26. The molecule has 0 saturated carbocycles. The third kappa shape index (κ3) is 4.61. The number of hydrogen-bond acceptors (Lipinski definition) is 4. The van der Waals surface area contributed by atoms with E-state index in [0.717, 1.165) is 11.1 Å². The van der Waals surface area contributed by atoms with Crippen LogP contribution in [0.25, 0.3) is 0 Å². The maximum absolute atomic E-state index is 12.0. The molecule has 0 fully saturated rings. The summed E-state index contributed by atoms with van der Waals surface area (Å²) < 4.78 is 0. The van der Waals surface area contributed by atoms with Crippen LogP contribution >= 0.6 is 0 Å². The number of aryl methyl sites for hydroxylation is 1.